The van der Waals surface area contributed by atoms with Crippen molar-refractivity contribution in [3.05, 3.63) is 28.5 Å². The SMILES string of the molecule is CCC(C(N)=S)S(=O)(=O)Nc1ccc(Br)c(F)c1. The molecule has 0 saturated heterocycles. The lowest BCUT2D eigenvalue weighted by Crippen LogP contribution is -2.37. The zero-order chi connectivity index (χ0) is 13.9. The molecule has 0 saturated carbocycles. The number of anilines is 1. The Hall–Kier alpha value is -0.730. The van der Waals surface area contributed by atoms with Crippen LogP contribution >= 0.6 is 28.1 Å². The van der Waals surface area contributed by atoms with Gasteiger partial charge in [-0.3, -0.25) is 4.72 Å². The second-order valence-corrected chi connectivity index (χ2v) is 6.76. The van der Waals surface area contributed by atoms with E-state index in [9.17, 15) is 12.8 Å². The molecule has 1 unspecified atom stereocenters. The number of halogens is 2. The fourth-order valence-corrected chi connectivity index (χ4v) is 3.50. The third-order valence-corrected chi connectivity index (χ3v) is 5.18. The van der Waals surface area contributed by atoms with Crippen LogP contribution < -0.4 is 10.5 Å². The molecule has 18 heavy (non-hydrogen) atoms. The second kappa shape index (κ2) is 5.94. The topological polar surface area (TPSA) is 72.2 Å². The molecule has 0 spiro atoms. The van der Waals surface area contributed by atoms with E-state index in [2.05, 4.69) is 20.7 Å². The van der Waals surface area contributed by atoms with E-state index >= 15 is 0 Å². The van der Waals surface area contributed by atoms with E-state index in [0.717, 1.165) is 6.07 Å². The highest BCUT2D eigenvalue weighted by Gasteiger charge is 2.26. The van der Waals surface area contributed by atoms with Gasteiger partial charge in [0.25, 0.3) is 0 Å². The van der Waals surface area contributed by atoms with E-state index in [1.54, 1.807) is 6.92 Å². The van der Waals surface area contributed by atoms with Gasteiger partial charge in [-0.15, -0.1) is 0 Å². The van der Waals surface area contributed by atoms with Crippen molar-refractivity contribution in [3.8, 4) is 0 Å². The van der Waals surface area contributed by atoms with Crippen LogP contribution in [0.5, 0.6) is 0 Å². The molecule has 8 heteroatoms. The van der Waals surface area contributed by atoms with Crippen molar-refractivity contribution in [2.24, 2.45) is 5.73 Å². The lowest BCUT2D eigenvalue weighted by molar-refractivity contribution is 0.594. The van der Waals surface area contributed by atoms with Crippen molar-refractivity contribution < 1.29 is 12.8 Å². The molecular weight excluding hydrogens is 343 g/mol. The molecule has 1 aromatic rings. The third-order valence-electron chi connectivity index (χ3n) is 2.24. The van der Waals surface area contributed by atoms with Gasteiger partial charge in [-0.05, 0) is 40.5 Å². The summed E-state index contributed by atoms with van der Waals surface area (Å²) in [6.07, 6.45) is 0.254. The van der Waals surface area contributed by atoms with Gasteiger partial charge in [0, 0.05) is 0 Å². The number of hydrogen-bond donors (Lipinski definition) is 2. The first-order valence-corrected chi connectivity index (χ1v) is 7.78. The van der Waals surface area contributed by atoms with E-state index in [0.29, 0.717) is 0 Å². The predicted molar refractivity (Wildman–Crippen MR) is 77.5 cm³/mol. The maximum absolute atomic E-state index is 13.3. The first-order chi connectivity index (χ1) is 8.27. The third kappa shape index (κ3) is 3.63. The molecule has 0 bridgehead atoms. The lowest BCUT2D eigenvalue weighted by atomic mass is 10.3. The zero-order valence-electron chi connectivity index (χ0n) is 9.48. The molecule has 1 rings (SSSR count). The van der Waals surface area contributed by atoms with Gasteiger partial charge in [0.1, 0.15) is 11.1 Å². The summed E-state index contributed by atoms with van der Waals surface area (Å²) in [4.78, 5) is -0.109. The van der Waals surface area contributed by atoms with Crippen LogP contribution in [0.3, 0.4) is 0 Å². The van der Waals surface area contributed by atoms with Gasteiger partial charge in [0.05, 0.1) is 15.1 Å². The molecule has 0 aliphatic rings. The lowest BCUT2D eigenvalue weighted by Gasteiger charge is -2.16. The minimum Gasteiger partial charge on any atom is -0.392 e. The molecule has 0 heterocycles. The van der Waals surface area contributed by atoms with Crippen LogP contribution in [-0.2, 0) is 10.0 Å². The summed E-state index contributed by atoms with van der Waals surface area (Å²) in [5, 5.41) is -0.973. The number of hydrogen-bond acceptors (Lipinski definition) is 3. The van der Waals surface area contributed by atoms with Gasteiger partial charge in [0.2, 0.25) is 10.0 Å². The van der Waals surface area contributed by atoms with Crippen molar-refractivity contribution in [2.75, 3.05) is 4.72 Å². The van der Waals surface area contributed by atoms with Gasteiger partial charge in [-0.25, -0.2) is 12.8 Å². The Bertz CT molecular complexity index is 563. The summed E-state index contributed by atoms with van der Waals surface area (Å²) in [5.41, 5.74) is 5.50. The molecular formula is C10H12BrFN2O2S2. The quantitative estimate of drug-likeness (QED) is 0.796. The van der Waals surface area contributed by atoms with Gasteiger partial charge < -0.3 is 5.73 Å². The number of sulfonamides is 1. The summed E-state index contributed by atoms with van der Waals surface area (Å²) < 4.78 is 39.7. The van der Waals surface area contributed by atoms with E-state index in [1.165, 1.54) is 12.1 Å². The molecule has 1 aromatic carbocycles. The van der Waals surface area contributed by atoms with E-state index in [-0.39, 0.29) is 21.6 Å². The number of benzene rings is 1. The van der Waals surface area contributed by atoms with E-state index in [1.807, 2.05) is 0 Å². The maximum Gasteiger partial charge on any atom is 0.242 e. The van der Waals surface area contributed by atoms with Gasteiger partial charge in [-0.1, -0.05) is 19.1 Å². The van der Waals surface area contributed by atoms with E-state index < -0.39 is 21.1 Å². The first-order valence-electron chi connectivity index (χ1n) is 5.04. The van der Waals surface area contributed by atoms with Crippen LogP contribution in [0.2, 0.25) is 0 Å². The van der Waals surface area contributed by atoms with Crippen molar-refractivity contribution in [1.29, 1.82) is 0 Å². The standard InChI is InChI=1S/C10H12BrFN2O2S2/c1-2-9(10(13)17)18(15,16)14-6-3-4-7(11)8(12)5-6/h3-5,9,14H,2H2,1H3,(H2,13,17). The Labute approximate surface area is 119 Å². The molecule has 1 atom stereocenters. The van der Waals surface area contributed by atoms with Crippen LogP contribution in [0.4, 0.5) is 10.1 Å². The highest BCUT2D eigenvalue weighted by Crippen LogP contribution is 2.21. The molecule has 0 radical (unpaired) electrons. The molecule has 0 fully saturated rings. The molecule has 4 nitrogen and oxygen atoms in total. The average molecular weight is 355 g/mol. The highest BCUT2D eigenvalue weighted by atomic mass is 79.9. The summed E-state index contributed by atoms with van der Waals surface area (Å²) in [7, 11) is -3.75. The Balaban J connectivity index is 3.01. The summed E-state index contributed by atoms with van der Waals surface area (Å²) in [5.74, 6) is -0.557. The fraction of sp³-hybridized carbons (Fsp3) is 0.300. The molecule has 0 amide bonds. The smallest absolute Gasteiger partial charge is 0.242 e. The normalized spacial score (nSPS) is 13.1. The molecule has 0 aliphatic carbocycles. The second-order valence-electron chi connectivity index (χ2n) is 3.58. The van der Waals surface area contributed by atoms with Gasteiger partial charge in [-0.2, -0.15) is 0 Å². The first kappa shape index (κ1) is 15.3. The number of thiocarbonyl (C=S) groups is 1. The summed E-state index contributed by atoms with van der Waals surface area (Å²) in [6, 6.07) is 3.93. The minimum atomic E-state index is -3.75. The average Bonchev–Trinajstić information content (AvgIpc) is 2.22. The number of rotatable bonds is 5. The number of nitrogens with two attached hydrogens (primary N) is 1. The Morgan fingerprint density at radius 3 is 2.67 bits per heavy atom. The molecule has 100 valence electrons. The monoisotopic (exact) mass is 354 g/mol. The van der Waals surface area contributed by atoms with Crippen LogP contribution in [0.15, 0.2) is 22.7 Å². The Kier molecular flexibility index (Phi) is 5.06. The maximum atomic E-state index is 13.3. The van der Waals surface area contributed by atoms with Crippen LogP contribution in [0.1, 0.15) is 13.3 Å². The summed E-state index contributed by atoms with van der Waals surface area (Å²) in [6.45, 7) is 1.66. The van der Waals surface area contributed by atoms with Crippen molar-refractivity contribution >= 4 is 48.8 Å². The van der Waals surface area contributed by atoms with Crippen LogP contribution in [0, 0.1) is 5.82 Å². The molecule has 0 aliphatic heterocycles. The fourth-order valence-electron chi connectivity index (χ4n) is 1.37. The largest absolute Gasteiger partial charge is 0.392 e. The van der Waals surface area contributed by atoms with Gasteiger partial charge >= 0.3 is 0 Å². The Morgan fingerprint density at radius 1 is 1.61 bits per heavy atom. The Morgan fingerprint density at radius 2 is 2.22 bits per heavy atom. The number of nitrogens with one attached hydrogen (secondary N) is 1. The molecule has 0 aromatic heterocycles. The van der Waals surface area contributed by atoms with E-state index in [4.69, 9.17) is 18.0 Å². The molecule has 3 N–H and O–H groups in total. The van der Waals surface area contributed by atoms with Crippen molar-refractivity contribution in [3.63, 3.8) is 0 Å². The minimum absolute atomic E-state index is 0.109. The van der Waals surface area contributed by atoms with Crippen LogP contribution in [0.25, 0.3) is 0 Å². The summed E-state index contributed by atoms with van der Waals surface area (Å²) >= 11 is 7.69. The van der Waals surface area contributed by atoms with Gasteiger partial charge in [0.15, 0.2) is 0 Å². The highest BCUT2D eigenvalue weighted by molar-refractivity contribution is 9.10. The van der Waals surface area contributed by atoms with Crippen molar-refractivity contribution in [1.82, 2.24) is 0 Å². The van der Waals surface area contributed by atoms with Crippen molar-refractivity contribution in [2.45, 2.75) is 18.6 Å². The zero-order valence-corrected chi connectivity index (χ0v) is 12.7. The van der Waals surface area contributed by atoms with Crippen LogP contribution in [-0.4, -0.2) is 18.7 Å². The predicted octanol–water partition coefficient (Wildman–Crippen LogP) is 2.39.